The summed E-state index contributed by atoms with van der Waals surface area (Å²) in [4.78, 5) is 9.94. The van der Waals surface area contributed by atoms with Crippen LogP contribution in [-0.4, -0.2) is 44.8 Å². The highest BCUT2D eigenvalue weighted by molar-refractivity contribution is 7.89. The van der Waals surface area contributed by atoms with Crippen LogP contribution in [0.5, 0.6) is 0 Å². The predicted molar refractivity (Wildman–Crippen MR) is 62.8 cm³/mol. The fraction of sp³-hybridized carbons (Fsp3) is 0.500. The van der Waals surface area contributed by atoms with Crippen LogP contribution in [0.25, 0.3) is 0 Å². The third-order valence-electron chi connectivity index (χ3n) is 1.74. The molecule has 0 aromatic carbocycles. The van der Waals surface area contributed by atoms with E-state index in [1.165, 1.54) is 0 Å². The van der Waals surface area contributed by atoms with E-state index in [1.54, 1.807) is 17.2 Å². The standard InChI is InChI=1S/C8H15N5O2S/c1-13(2)8-11-4-3-7(12-8)10-5-6-16(9,14)15/h3-4H,5-6H2,1-2H3,(H2,9,14,15)(H,10,11,12). The first-order valence-electron chi connectivity index (χ1n) is 4.63. The molecule has 0 saturated carbocycles. The minimum absolute atomic E-state index is 0.131. The molecule has 1 aromatic rings. The van der Waals surface area contributed by atoms with Crippen molar-refractivity contribution in [3.05, 3.63) is 12.3 Å². The number of nitrogens with zero attached hydrogens (tertiary/aromatic N) is 3. The van der Waals surface area contributed by atoms with E-state index >= 15 is 0 Å². The van der Waals surface area contributed by atoms with Gasteiger partial charge in [-0.1, -0.05) is 0 Å². The van der Waals surface area contributed by atoms with Crippen molar-refractivity contribution >= 4 is 21.8 Å². The van der Waals surface area contributed by atoms with Crippen molar-refractivity contribution in [2.45, 2.75) is 0 Å². The van der Waals surface area contributed by atoms with Crippen LogP contribution in [0.4, 0.5) is 11.8 Å². The zero-order valence-electron chi connectivity index (χ0n) is 9.21. The van der Waals surface area contributed by atoms with Gasteiger partial charge in [0.05, 0.1) is 5.75 Å². The van der Waals surface area contributed by atoms with E-state index in [0.29, 0.717) is 11.8 Å². The van der Waals surface area contributed by atoms with Gasteiger partial charge >= 0.3 is 0 Å². The fourth-order valence-electron chi connectivity index (χ4n) is 0.984. The lowest BCUT2D eigenvalue weighted by molar-refractivity contribution is 0.598. The van der Waals surface area contributed by atoms with Crippen molar-refractivity contribution in [1.82, 2.24) is 9.97 Å². The van der Waals surface area contributed by atoms with Gasteiger partial charge in [-0.2, -0.15) is 4.98 Å². The highest BCUT2D eigenvalue weighted by Crippen LogP contribution is 2.07. The van der Waals surface area contributed by atoms with Crippen molar-refractivity contribution in [1.29, 1.82) is 0 Å². The molecule has 0 atom stereocenters. The SMILES string of the molecule is CN(C)c1nccc(NCCS(N)(=O)=O)n1. The lowest BCUT2D eigenvalue weighted by Crippen LogP contribution is -2.23. The van der Waals surface area contributed by atoms with Gasteiger partial charge in [-0.15, -0.1) is 0 Å². The van der Waals surface area contributed by atoms with E-state index in [2.05, 4.69) is 15.3 Å². The zero-order valence-corrected chi connectivity index (χ0v) is 10.0. The maximum atomic E-state index is 10.7. The molecule has 0 aliphatic heterocycles. The van der Waals surface area contributed by atoms with Crippen molar-refractivity contribution in [2.75, 3.05) is 36.6 Å². The predicted octanol–water partition coefficient (Wildman–Crippen LogP) is -0.757. The normalized spacial score (nSPS) is 11.2. The zero-order chi connectivity index (χ0) is 12.2. The molecule has 1 aromatic heterocycles. The number of nitrogens with one attached hydrogen (secondary N) is 1. The molecule has 8 heteroatoms. The van der Waals surface area contributed by atoms with Gasteiger partial charge in [0.25, 0.3) is 0 Å². The molecule has 0 amide bonds. The van der Waals surface area contributed by atoms with Gasteiger partial charge in [-0.25, -0.2) is 18.5 Å². The third kappa shape index (κ3) is 4.41. The second-order valence-corrected chi connectivity index (χ2v) is 5.16. The van der Waals surface area contributed by atoms with Gasteiger partial charge in [0.2, 0.25) is 16.0 Å². The number of hydrogen-bond donors (Lipinski definition) is 2. The Morgan fingerprint density at radius 3 is 2.75 bits per heavy atom. The molecule has 3 N–H and O–H groups in total. The Morgan fingerprint density at radius 1 is 1.50 bits per heavy atom. The van der Waals surface area contributed by atoms with E-state index in [9.17, 15) is 8.42 Å². The van der Waals surface area contributed by atoms with E-state index in [0.717, 1.165) is 0 Å². The molecule has 0 bridgehead atoms. The van der Waals surface area contributed by atoms with Crippen LogP contribution in [0.3, 0.4) is 0 Å². The number of aromatic nitrogens is 2. The van der Waals surface area contributed by atoms with E-state index in [-0.39, 0.29) is 12.3 Å². The molecule has 90 valence electrons. The highest BCUT2D eigenvalue weighted by atomic mass is 32.2. The molecule has 1 heterocycles. The second kappa shape index (κ2) is 5.08. The van der Waals surface area contributed by atoms with Crippen molar-refractivity contribution in [2.24, 2.45) is 5.14 Å². The summed E-state index contributed by atoms with van der Waals surface area (Å²) in [6.45, 7) is 0.225. The second-order valence-electron chi connectivity index (χ2n) is 3.43. The van der Waals surface area contributed by atoms with Crippen LogP contribution in [-0.2, 0) is 10.0 Å². The molecular formula is C8H15N5O2S. The van der Waals surface area contributed by atoms with Crippen molar-refractivity contribution in [3.8, 4) is 0 Å². The number of hydrogen-bond acceptors (Lipinski definition) is 6. The Balaban J connectivity index is 2.58. The summed E-state index contributed by atoms with van der Waals surface area (Å²) < 4.78 is 21.4. The topological polar surface area (TPSA) is 101 Å². The van der Waals surface area contributed by atoms with Crippen molar-refractivity contribution in [3.63, 3.8) is 0 Å². The van der Waals surface area contributed by atoms with Crippen LogP contribution in [0, 0.1) is 0 Å². The van der Waals surface area contributed by atoms with Crippen LogP contribution in [0.2, 0.25) is 0 Å². The van der Waals surface area contributed by atoms with Crippen LogP contribution >= 0.6 is 0 Å². The Morgan fingerprint density at radius 2 is 2.19 bits per heavy atom. The van der Waals surface area contributed by atoms with Gasteiger partial charge in [0, 0.05) is 26.8 Å². The quantitative estimate of drug-likeness (QED) is 0.707. The molecule has 0 unspecified atom stereocenters. The van der Waals surface area contributed by atoms with Gasteiger partial charge in [0.15, 0.2) is 0 Å². The molecule has 0 saturated heterocycles. The fourth-order valence-corrected chi connectivity index (χ4v) is 1.37. The van der Waals surface area contributed by atoms with Gasteiger partial charge < -0.3 is 10.2 Å². The van der Waals surface area contributed by atoms with Crippen LogP contribution in [0.1, 0.15) is 0 Å². The summed E-state index contributed by atoms with van der Waals surface area (Å²) in [5, 5.41) is 7.73. The minimum Gasteiger partial charge on any atom is -0.369 e. The molecular weight excluding hydrogens is 230 g/mol. The van der Waals surface area contributed by atoms with Crippen LogP contribution < -0.4 is 15.4 Å². The average molecular weight is 245 g/mol. The van der Waals surface area contributed by atoms with Gasteiger partial charge in [0.1, 0.15) is 5.82 Å². The molecule has 0 aliphatic rings. The maximum Gasteiger partial charge on any atom is 0.226 e. The van der Waals surface area contributed by atoms with Gasteiger partial charge in [-0.05, 0) is 6.07 Å². The molecule has 1 rings (SSSR count). The summed E-state index contributed by atoms with van der Waals surface area (Å²) in [5.41, 5.74) is 0. The van der Waals surface area contributed by atoms with E-state index < -0.39 is 10.0 Å². The monoisotopic (exact) mass is 245 g/mol. The number of anilines is 2. The number of sulfonamides is 1. The smallest absolute Gasteiger partial charge is 0.226 e. The molecule has 0 fully saturated rings. The summed E-state index contributed by atoms with van der Waals surface area (Å²) in [5.74, 6) is 0.997. The van der Waals surface area contributed by atoms with Crippen molar-refractivity contribution < 1.29 is 8.42 Å². The third-order valence-corrected chi connectivity index (χ3v) is 2.51. The highest BCUT2D eigenvalue weighted by Gasteiger charge is 2.03. The first-order valence-corrected chi connectivity index (χ1v) is 6.35. The Hall–Kier alpha value is -1.41. The number of primary sulfonamides is 1. The Kier molecular flexibility index (Phi) is 4.02. The average Bonchev–Trinajstić information content (AvgIpc) is 2.16. The Bertz CT molecular complexity index is 445. The first-order chi connectivity index (χ1) is 7.38. The van der Waals surface area contributed by atoms with E-state index in [1.807, 2.05) is 14.1 Å². The molecule has 16 heavy (non-hydrogen) atoms. The van der Waals surface area contributed by atoms with Gasteiger partial charge in [-0.3, -0.25) is 0 Å². The summed E-state index contributed by atoms with van der Waals surface area (Å²) in [7, 11) is 0.209. The molecule has 0 aliphatic carbocycles. The molecule has 0 spiro atoms. The number of rotatable bonds is 5. The molecule has 7 nitrogen and oxygen atoms in total. The Labute approximate surface area is 94.7 Å². The molecule has 0 radical (unpaired) electrons. The lowest BCUT2D eigenvalue weighted by atomic mass is 10.5. The lowest BCUT2D eigenvalue weighted by Gasteiger charge is -2.11. The van der Waals surface area contributed by atoms with E-state index in [4.69, 9.17) is 5.14 Å². The maximum absolute atomic E-state index is 10.7. The summed E-state index contributed by atoms with van der Waals surface area (Å²) in [6, 6.07) is 1.66. The minimum atomic E-state index is -3.44. The summed E-state index contributed by atoms with van der Waals surface area (Å²) >= 11 is 0. The number of nitrogens with two attached hydrogens (primary N) is 1. The first kappa shape index (κ1) is 12.7. The van der Waals surface area contributed by atoms with Crippen LogP contribution in [0.15, 0.2) is 12.3 Å². The summed E-state index contributed by atoms with van der Waals surface area (Å²) in [6.07, 6.45) is 1.60. The largest absolute Gasteiger partial charge is 0.369 e.